The lowest BCUT2D eigenvalue weighted by Gasteiger charge is -2.20. The highest BCUT2D eigenvalue weighted by atomic mass is 14.8. The molecule has 7 heteroatoms. The van der Waals surface area contributed by atoms with E-state index in [2.05, 4.69) is 42.5 Å². The van der Waals surface area contributed by atoms with Crippen molar-refractivity contribution in [3.63, 3.8) is 0 Å². The molecule has 0 atom stereocenters. The first-order valence-electron chi connectivity index (χ1n) is 17.6. The Balaban J connectivity index is 1.32. The molecule has 7 nitrogen and oxygen atoms in total. The van der Waals surface area contributed by atoms with E-state index in [4.69, 9.17) is 34.9 Å². The zero-order chi connectivity index (χ0) is 36.1. The van der Waals surface area contributed by atoms with Gasteiger partial charge in [0, 0.05) is 81.7 Å². The van der Waals surface area contributed by atoms with E-state index < -0.39 is 0 Å². The van der Waals surface area contributed by atoms with Crippen molar-refractivity contribution in [1.29, 1.82) is 0 Å². The fourth-order valence-electron chi connectivity index (χ4n) is 6.94. The largest absolute Gasteiger partial charge is 0.256 e. The molecular weight excluding hydrogens is 663 g/mol. The molecule has 0 radical (unpaired) electrons. The number of hydrogen-bond donors (Lipinski definition) is 0. The first kappa shape index (κ1) is 32.4. The van der Waals surface area contributed by atoms with Gasteiger partial charge in [0.2, 0.25) is 0 Å². The summed E-state index contributed by atoms with van der Waals surface area (Å²) < 4.78 is 0. The van der Waals surface area contributed by atoms with Gasteiger partial charge in [0.25, 0.3) is 0 Å². The second-order valence-electron chi connectivity index (χ2n) is 12.5. The van der Waals surface area contributed by atoms with Crippen LogP contribution in [0.3, 0.4) is 0 Å². The summed E-state index contributed by atoms with van der Waals surface area (Å²) in [6.45, 7) is 0. The van der Waals surface area contributed by atoms with Gasteiger partial charge in [-0.2, -0.15) is 0 Å². The van der Waals surface area contributed by atoms with Crippen molar-refractivity contribution < 1.29 is 0 Å². The normalized spacial score (nSPS) is 11.0. The fraction of sp³-hybridized carbons (Fsp3) is 0. The van der Waals surface area contributed by atoms with Crippen LogP contribution in [0.4, 0.5) is 0 Å². The van der Waals surface area contributed by atoms with Crippen LogP contribution in [0.1, 0.15) is 0 Å². The third kappa shape index (κ3) is 6.20. The van der Waals surface area contributed by atoms with Crippen molar-refractivity contribution in [2.24, 2.45) is 0 Å². The number of hydrogen-bond acceptors (Lipinski definition) is 7. The summed E-state index contributed by atoms with van der Waals surface area (Å²) >= 11 is 0. The van der Waals surface area contributed by atoms with Crippen molar-refractivity contribution in [3.05, 3.63) is 189 Å². The molecule has 0 spiro atoms. The van der Waals surface area contributed by atoms with Gasteiger partial charge in [0.1, 0.15) is 0 Å². The van der Waals surface area contributed by atoms with Crippen molar-refractivity contribution in [2.45, 2.75) is 0 Å². The highest BCUT2D eigenvalue weighted by molar-refractivity contribution is 6.01. The molecule has 0 aliphatic heterocycles. The molecular formula is C47H31N7. The van der Waals surface area contributed by atoms with Crippen LogP contribution in [-0.2, 0) is 0 Å². The molecule has 9 aromatic rings. The molecule has 7 heterocycles. The lowest BCUT2D eigenvalue weighted by molar-refractivity contribution is 1.26. The Morgan fingerprint density at radius 2 is 0.444 bits per heavy atom. The fourth-order valence-corrected chi connectivity index (χ4v) is 6.94. The topological polar surface area (TPSA) is 90.2 Å². The van der Waals surface area contributed by atoms with E-state index >= 15 is 0 Å². The number of benzene rings is 2. The molecule has 0 saturated heterocycles. The average Bonchev–Trinajstić information content (AvgIpc) is 3.27. The number of pyridine rings is 7. The second kappa shape index (κ2) is 14.6. The molecule has 0 bridgehead atoms. The second-order valence-corrected chi connectivity index (χ2v) is 12.5. The number of rotatable bonds is 8. The third-order valence-electron chi connectivity index (χ3n) is 9.28. The molecule has 9 rings (SSSR count). The van der Waals surface area contributed by atoms with Crippen LogP contribution in [0.5, 0.6) is 0 Å². The predicted molar refractivity (Wildman–Crippen MR) is 214 cm³/mol. The minimum Gasteiger partial charge on any atom is -0.256 e. The molecule has 54 heavy (non-hydrogen) atoms. The van der Waals surface area contributed by atoms with E-state index in [1.165, 1.54) is 0 Å². The van der Waals surface area contributed by atoms with E-state index in [0.29, 0.717) is 0 Å². The molecule has 7 aromatic heterocycles. The zero-order valence-electron chi connectivity index (χ0n) is 29.0. The van der Waals surface area contributed by atoms with Crippen LogP contribution >= 0.6 is 0 Å². The molecule has 0 saturated carbocycles. The molecule has 2 aromatic carbocycles. The summed E-state index contributed by atoms with van der Waals surface area (Å²) in [5, 5.41) is 0. The molecule has 0 fully saturated rings. The lowest BCUT2D eigenvalue weighted by atomic mass is 9.87. The summed E-state index contributed by atoms with van der Waals surface area (Å²) in [4.78, 5) is 34.4. The summed E-state index contributed by atoms with van der Waals surface area (Å²) in [6.07, 6.45) is 10.9. The van der Waals surface area contributed by atoms with Gasteiger partial charge < -0.3 is 0 Å². The Morgan fingerprint density at radius 3 is 0.704 bits per heavy atom. The van der Waals surface area contributed by atoms with Gasteiger partial charge in [0.15, 0.2) is 0 Å². The number of nitrogens with zero attached hydrogens (tertiary/aromatic N) is 7. The highest BCUT2D eigenvalue weighted by Gasteiger charge is 2.24. The van der Waals surface area contributed by atoms with Crippen molar-refractivity contribution in [1.82, 2.24) is 34.9 Å². The van der Waals surface area contributed by atoms with Gasteiger partial charge in [-0.25, -0.2) is 4.98 Å². The maximum atomic E-state index is 5.43. The van der Waals surface area contributed by atoms with Gasteiger partial charge in [-0.1, -0.05) is 66.7 Å². The van der Waals surface area contributed by atoms with Crippen LogP contribution in [-0.4, -0.2) is 34.9 Å². The number of aromatic nitrogens is 7. The van der Waals surface area contributed by atoms with Crippen LogP contribution in [0, 0.1) is 0 Å². The van der Waals surface area contributed by atoms with Crippen LogP contribution in [0.2, 0.25) is 0 Å². The molecule has 0 unspecified atom stereocenters. The Kier molecular flexibility index (Phi) is 8.77. The maximum absolute atomic E-state index is 5.43. The summed E-state index contributed by atoms with van der Waals surface area (Å²) in [5.74, 6) is 0. The smallest absolute Gasteiger partial charge is 0.0716 e. The van der Waals surface area contributed by atoms with Crippen molar-refractivity contribution in [2.75, 3.05) is 0 Å². The first-order chi connectivity index (χ1) is 26.8. The minimum absolute atomic E-state index is 0.790. The van der Waals surface area contributed by atoms with Gasteiger partial charge in [0.05, 0.1) is 45.6 Å². The van der Waals surface area contributed by atoms with Crippen LogP contribution in [0.25, 0.3) is 90.1 Å². The Morgan fingerprint density at radius 1 is 0.204 bits per heavy atom. The summed E-state index contributed by atoms with van der Waals surface area (Å²) in [7, 11) is 0. The zero-order valence-corrected chi connectivity index (χ0v) is 29.0. The summed E-state index contributed by atoms with van der Waals surface area (Å²) in [5.41, 5.74) is 14.0. The van der Waals surface area contributed by atoms with E-state index in [-0.39, 0.29) is 0 Å². The Labute approximate surface area is 312 Å². The SMILES string of the molecule is c1ccc(-c2ccc(-c3cccc(-c4ccc(-c5ccccn5)c(-c5ccccn5)c4-c4ccccn4)n3)c(-c3ccccn3)c2-c2ccccn2)nc1. The molecule has 254 valence electrons. The van der Waals surface area contributed by atoms with E-state index in [1.54, 1.807) is 0 Å². The maximum Gasteiger partial charge on any atom is 0.0716 e. The Hall–Kier alpha value is -7.51. The molecule has 0 aliphatic rings. The van der Waals surface area contributed by atoms with Crippen LogP contribution in [0.15, 0.2) is 189 Å². The lowest BCUT2D eigenvalue weighted by Crippen LogP contribution is -2.00. The van der Waals surface area contributed by atoms with E-state index in [1.807, 2.05) is 146 Å². The van der Waals surface area contributed by atoms with E-state index in [9.17, 15) is 0 Å². The molecule has 0 N–H and O–H groups in total. The van der Waals surface area contributed by atoms with Crippen molar-refractivity contribution >= 4 is 0 Å². The quantitative estimate of drug-likeness (QED) is 0.156. The van der Waals surface area contributed by atoms with Gasteiger partial charge in [-0.05, 0) is 84.9 Å². The Bertz CT molecular complexity index is 2490. The van der Waals surface area contributed by atoms with E-state index in [0.717, 1.165) is 90.1 Å². The van der Waals surface area contributed by atoms with Crippen LogP contribution < -0.4 is 0 Å². The first-order valence-corrected chi connectivity index (χ1v) is 17.6. The van der Waals surface area contributed by atoms with Crippen molar-refractivity contribution in [3.8, 4) is 90.1 Å². The van der Waals surface area contributed by atoms with Gasteiger partial charge in [-0.15, -0.1) is 0 Å². The monoisotopic (exact) mass is 693 g/mol. The van der Waals surface area contributed by atoms with Gasteiger partial charge >= 0.3 is 0 Å². The summed E-state index contributed by atoms with van der Waals surface area (Å²) in [6, 6.07) is 50.4. The highest BCUT2D eigenvalue weighted by Crippen LogP contribution is 2.46. The third-order valence-corrected chi connectivity index (χ3v) is 9.28. The average molecular weight is 694 g/mol. The molecule has 0 aliphatic carbocycles. The standard InChI is InChI=1S/C47H31N7/c1-7-26-48-36(14-1)32-22-24-34(46(42-18-5-11-30-52-42)44(32)40-16-3-9-28-50-40)38-20-13-21-39(54-38)35-25-23-33(37-15-2-8-27-49-37)45(41-17-4-10-29-51-41)47(35)43-19-6-12-31-53-43/h1-31H. The molecule has 0 amide bonds. The predicted octanol–water partition coefficient (Wildman–Crippen LogP) is 10.8. The minimum atomic E-state index is 0.790. The van der Waals surface area contributed by atoms with Gasteiger partial charge in [-0.3, -0.25) is 29.9 Å².